The second-order valence-electron chi connectivity index (χ2n) is 13.8. The Bertz CT molecular complexity index is 2610. The van der Waals surface area contributed by atoms with Gasteiger partial charge in [0.1, 0.15) is 6.07 Å². The minimum atomic E-state index is -0.256. The lowest BCUT2D eigenvalue weighted by molar-refractivity contribution is 0.397. The zero-order valence-corrected chi connectivity index (χ0v) is 30.0. The molecule has 3 aliphatic rings. The van der Waals surface area contributed by atoms with Crippen molar-refractivity contribution in [3.8, 4) is 35.0 Å². The maximum atomic E-state index is 10.1. The SMILES string of the molecule is N#Cc1ccc(-c2cccc(C3(I)C=CC(N4c5c(C#N)cccc5C5CCCCC54)=CC3)c2)c(-n2c3ccccc3c3cc(C#N)ccc32)c1. The molecule has 0 bridgehead atoms. The van der Waals surface area contributed by atoms with E-state index in [0.29, 0.717) is 23.1 Å². The molecule has 5 aromatic carbocycles. The average Bonchev–Trinajstić information content (AvgIpc) is 3.71. The molecule has 2 aliphatic carbocycles. The van der Waals surface area contributed by atoms with Crippen LogP contribution in [-0.2, 0) is 3.42 Å². The summed E-state index contributed by atoms with van der Waals surface area (Å²) in [6.07, 6.45) is 12.6. The van der Waals surface area contributed by atoms with Gasteiger partial charge in [-0.05, 0) is 90.6 Å². The van der Waals surface area contributed by atoms with Gasteiger partial charge in [-0.1, -0.05) is 102 Å². The van der Waals surface area contributed by atoms with E-state index in [2.05, 4.69) is 117 Å². The first kappa shape index (κ1) is 31.4. The Morgan fingerprint density at radius 2 is 1.51 bits per heavy atom. The van der Waals surface area contributed by atoms with Crippen LogP contribution in [0.5, 0.6) is 0 Å². The quantitative estimate of drug-likeness (QED) is 0.132. The molecule has 1 aliphatic heterocycles. The lowest BCUT2D eigenvalue weighted by atomic mass is 9.82. The molecule has 0 radical (unpaired) electrons. The highest BCUT2D eigenvalue weighted by Crippen LogP contribution is 2.52. The molecule has 1 fully saturated rings. The van der Waals surface area contributed by atoms with Gasteiger partial charge in [0.2, 0.25) is 0 Å². The van der Waals surface area contributed by atoms with Crippen molar-refractivity contribution in [2.24, 2.45) is 0 Å². The fourth-order valence-corrected chi connectivity index (χ4v) is 9.50. The van der Waals surface area contributed by atoms with Gasteiger partial charge >= 0.3 is 0 Å². The summed E-state index contributed by atoms with van der Waals surface area (Å²) in [4.78, 5) is 2.48. The molecule has 3 unspecified atom stereocenters. The Kier molecular flexibility index (Phi) is 7.57. The topological polar surface area (TPSA) is 79.5 Å². The van der Waals surface area contributed by atoms with Crippen LogP contribution in [0, 0.1) is 34.0 Å². The summed E-state index contributed by atoms with van der Waals surface area (Å²) in [5, 5.41) is 31.8. The summed E-state index contributed by atoms with van der Waals surface area (Å²) in [5.74, 6) is 0.476. The van der Waals surface area contributed by atoms with Crippen LogP contribution in [0.25, 0.3) is 38.6 Å². The normalized spacial score (nSPS) is 20.7. The Balaban J connectivity index is 1.12. The molecular formula is C45H32IN5. The minimum absolute atomic E-state index is 0.256. The van der Waals surface area contributed by atoms with Crippen LogP contribution in [0.15, 0.2) is 127 Å². The Hall–Kier alpha value is -5.62. The van der Waals surface area contributed by atoms with Gasteiger partial charge in [-0.3, -0.25) is 0 Å². The van der Waals surface area contributed by atoms with Gasteiger partial charge in [-0.15, -0.1) is 0 Å². The second-order valence-corrected chi connectivity index (χ2v) is 15.8. The highest BCUT2D eigenvalue weighted by molar-refractivity contribution is 14.1. The largest absolute Gasteiger partial charge is 0.337 e. The number of anilines is 1. The standard InChI is InChI=1S/C45H32IN5/c46-45(21-19-34(20-22-45)50-40-13-3-1-10-36(40)38-12-6-8-32(28-49)44(38)50)33-9-5-7-31(25-33)35-17-15-30(27-48)24-43(35)51-41-14-4-2-11-37(41)39-23-29(26-47)16-18-42(39)51/h2,4-9,11-12,14-21,23-25,36,40H,1,3,10,13,22H2. The molecule has 0 N–H and O–H groups in total. The van der Waals surface area contributed by atoms with E-state index >= 15 is 0 Å². The van der Waals surface area contributed by atoms with Gasteiger partial charge in [0, 0.05) is 34.0 Å². The summed E-state index contributed by atoms with van der Waals surface area (Å²) in [5.41, 5.74) is 11.9. The van der Waals surface area contributed by atoms with Crippen LogP contribution >= 0.6 is 22.6 Å². The third kappa shape index (κ3) is 4.99. The molecule has 6 aromatic rings. The summed E-state index contributed by atoms with van der Waals surface area (Å²) in [6.45, 7) is 0. The highest BCUT2D eigenvalue weighted by atomic mass is 127. The van der Waals surface area contributed by atoms with E-state index in [0.717, 1.165) is 62.7 Å². The van der Waals surface area contributed by atoms with Crippen molar-refractivity contribution in [3.63, 3.8) is 0 Å². The fraction of sp³-hybridized carbons (Fsp3) is 0.178. The molecule has 5 nitrogen and oxygen atoms in total. The minimum Gasteiger partial charge on any atom is -0.337 e. The molecule has 2 heterocycles. The first-order valence-corrected chi connectivity index (χ1v) is 18.6. The van der Waals surface area contributed by atoms with Crippen molar-refractivity contribution < 1.29 is 0 Å². The van der Waals surface area contributed by atoms with E-state index in [9.17, 15) is 15.8 Å². The van der Waals surface area contributed by atoms with Crippen molar-refractivity contribution in [3.05, 3.63) is 155 Å². The van der Waals surface area contributed by atoms with Gasteiger partial charge in [0.15, 0.2) is 0 Å². The molecule has 3 atom stereocenters. The van der Waals surface area contributed by atoms with Crippen molar-refractivity contribution in [1.29, 1.82) is 15.8 Å². The molecule has 1 aromatic heterocycles. The number of hydrogen-bond acceptors (Lipinski definition) is 4. The summed E-state index contributed by atoms with van der Waals surface area (Å²) in [7, 11) is 0. The fourth-order valence-electron chi connectivity index (χ4n) is 8.77. The number of hydrogen-bond donors (Lipinski definition) is 0. The monoisotopic (exact) mass is 769 g/mol. The maximum absolute atomic E-state index is 10.1. The van der Waals surface area contributed by atoms with Crippen molar-refractivity contribution in [2.75, 3.05) is 4.90 Å². The first-order chi connectivity index (χ1) is 25.0. The lowest BCUT2D eigenvalue weighted by Gasteiger charge is -2.37. The molecule has 9 rings (SSSR count). The molecule has 0 amide bonds. The number of allylic oxidation sites excluding steroid dienone is 3. The number of alkyl halides is 1. The van der Waals surface area contributed by atoms with E-state index in [1.54, 1.807) is 0 Å². The number of nitriles is 3. The predicted octanol–water partition coefficient (Wildman–Crippen LogP) is 11.1. The van der Waals surface area contributed by atoms with Crippen LogP contribution < -0.4 is 4.90 Å². The van der Waals surface area contributed by atoms with E-state index < -0.39 is 0 Å². The van der Waals surface area contributed by atoms with Gasteiger partial charge in [-0.2, -0.15) is 15.8 Å². The number of para-hydroxylation sites is 2. The molecule has 0 saturated heterocycles. The zero-order valence-electron chi connectivity index (χ0n) is 27.9. The summed E-state index contributed by atoms with van der Waals surface area (Å²) in [6, 6.07) is 42.6. The summed E-state index contributed by atoms with van der Waals surface area (Å²) >= 11 is 2.60. The van der Waals surface area contributed by atoms with Crippen LogP contribution in [0.3, 0.4) is 0 Å². The number of halogens is 1. The Morgan fingerprint density at radius 3 is 2.33 bits per heavy atom. The van der Waals surface area contributed by atoms with E-state index in [1.807, 2.05) is 54.6 Å². The van der Waals surface area contributed by atoms with Gasteiger partial charge in [-0.25, -0.2) is 0 Å². The third-order valence-electron chi connectivity index (χ3n) is 11.1. The van der Waals surface area contributed by atoms with Crippen LogP contribution in [0.1, 0.15) is 65.8 Å². The third-order valence-corrected chi connectivity index (χ3v) is 12.5. The average molecular weight is 770 g/mol. The van der Waals surface area contributed by atoms with Gasteiger partial charge < -0.3 is 9.47 Å². The van der Waals surface area contributed by atoms with Gasteiger partial charge in [0.05, 0.1) is 54.7 Å². The number of nitrogens with zero attached hydrogens (tertiary/aromatic N) is 5. The van der Waals surface area contributed by atoms with Gasteiger partial charge in [0.25, 0.3) is 0 Å². The number of fused-ring (bicyclic) bond motifs is 6. The van der Waals surface area contributed by atoms with Crippen molar-refractivity contribution in [2.45, 2.75) is 47.5 Å². The Morgan fingerprint density at radius 1 is 0.725 bits per heavy atom. The Labute approximate surface area is 311 Å². The van der Waals surface area contributed by atoms with Crippen LogP contribution in [0.4, 0.5) is 5.69 Å². The van der Waals surface area contributed by atoms with Crippen molar-refractivity contribution >= 4 is 50.1 Å². The number of benzene rings is 5. The van der Waals surface area contributed by atoms with Crippen LogP contribution in [0.2, 0.25) is 0 Å². The zero-order chi connectivity index (χ0) is 34.7. The number of aromatic nitrogens is 1. The molecule has 51 heavy (non-hydrogen) atoms. The van der Waals surface area contributed by atoms with E-state index in [-0.39, 0.29) is 3.42 Å². The molecule has 6 heteroatoms. The summed E-state index contributed by atoms with van der Waals surface area (Å²) < 4.78 is 1.97. The molecule has 244 valence electrons. The van der Waals surface area contributed by atoms with E-state index in [1.165, 1.54) is 36.1 Å². The first-order valence-electron chi connectivity index (χ1n) is 17.5. The maximum Gasteiger partial charge on any atom is 0.101 e. The van der Waals surface area contributed by atoms with Crippen LogP contribution in [-0.4, -0.2) is 10.6 Å². The molecule has 1 saturated carbocycles. The molecular weight excluding hydrogens is 737 g/mol. The van der Waals surface area contributed by atoms with E-state index in [4.69, 9.17) is 0 Å². The molecule has 0 spiro atoms. The second kappa shape index (κ2) is 12.3. The van der Waals surface area contributed by atoms with Crippen molar-refractivity contribution in [1.82, 2.24) is 4.57 Å². The smallest absolute Gasteiger partial charge is 0.101 e. The highest BCUT2D eigenvalue weighted by Gasteiger charge is 2.43. The number of rotatable bonds is 4. The predicted molar refractivity (Wildman–Crippen MR) is 212 cm³/mol. The lowest BCUT2D eigenvalue weighted by Crippen LogP contribution is -2.36.